The number of rotatable bonds is 6. The van der Waals surface area contributed by atoms with Crippen molar-refractivity contribution in [2.24, 2.45) is 0 Å². The minimum absolute atomic E-state index is 0.159. The molecule has 5 nitrogen and oxygen atoms in total. The normalized spacial score (nSPS) is 12.1. The third kappa shape index (κ3) is 4.11. The van der Waals surface area contributed by atoms with Gasteiger partial charge in [-0.2, -0.15) is 0 Å². The van der Waals surface area contributed by atoms with Gasteiger partial charge in [-0.25, -0.2) is 12.4 Å². The van der Waals surface area contributed by atoms with E-state index in [4.69, 9.17) is 16.3 Å². The quantitative estimate of drug-likeness (QED) is 0.418. The highest BCUT2D eigenvalue weighted by Gasteiger charge is 2.27. The molecular formula is C19H19Br2ClN2O3S. The summed E-state index contributed by atoms with van der Waals surface area (Å²) in [6.45, 7) is 2.90. The van der Waals surface area contributed by atoms with Crippen molar-refractivity contribution in [3.8, 4) is 5.75 Å². The van der Waals surface area contributed by atoms with Crippen LogP contribution in [0, 0.1) is 6.92 Å². The lowest BCUT2D eigenvalue weighted by Crippen LogP contribution is -2.20. The minimum Gasteiger partial charge on any atom is -0.490 e. The molecule has 0 aliphatic carbocycles. The molecule has 0 unspecified atom stereocenters. The predicted octanol–water partition coefficient (Wildman–Crippen LogP) is 5.31. The summed E-state index contributed by atoms with van der Waals surface area (Å²) in [5.41, 5.74) is 1.05. The van der Waals surface area contributed by atoms with Crippen molar-refractivity contribution in [3.05, 3.63) is 56.1 Å². The average Bonchev–Trinajstić information content (AvgIpc) is 2.88. The summed E-state index contributed by atoms with van der Waals surface area (Å²) >= 11 is 12.9. The first kappa shape index (κ1) is 21.6. The number of halogens is 3. The lowest BCUT2D eigenvalue weighted by molar-refractivity contribution is 0.262. The Morgan fingerprint density at radius 2 is 1.79 bits per heavy atom. The van der Waals surface area contributed by atoms with Crippen molar-refractivity contribution < 1.29 is 13.2 Å². The molecule has 9 heteroatoms. The van der Waals surface area contributed by atoms with E-state index in [9.17, 15) is 8.42 Å². The lowest BCUT2D eigenvalue weighted by Gasteiger charge is -2.12. The Balaban J connectivity index is 2.25. The summed E-state index contributed by atoms with van der Waals surface area (Å²) in [5, 5.41) is 1.20. The maximum absolute atomic E-state index is 13.4. The molecule has 0 bridgehead atoms. The Bertz CT molecular complexity index is 1130. The Morgan fingerprint density at radius 1 is 1.14 bits per heavy atom. The molecule has 1 heterocycles. The second-order valence-corrected chi connectivity index (χ2v) is 10.6. The van der Waals surface area contributed by atoms with Crippen molar-refractivity contribution >= 4 is 64.4 Å². The molecule has 0 aliphatic rings. The van der Waals surface area contributed by atoms with Crippen molar-refractivity contribution in [1.29, 1.82) is 0 Å². The van der Waals surface area contributed by atoms with Crippen LogP contribution in [-0.4, -0.2) is 44.5 Å². The second-order valence-electron chi connectivity index (χ2n) is 6.57. The van der Waals surface area contributed by atoms with Gasteiger partial charge in [-0.1, -0.05) is 27.5 Å². The zero-order valence-electron chi connectivity index (χ0n) is 15.5. The fourth-order valence-corrected chi connectivity index (χ4v) is 6.14. The van der Waals surface area contributed by atoms with E-state index in [0.717, 1.165) is 9.86 Å². The minimum atomic E-state index is -3.85. The Morgan fingerprint density at radius 3 is 2.39 bits per heavy atom. The van der Waals surface area contributed by atoms with Gasteiger partial charge in [-0.05, 0) is 73.3 Å². The van der Waals surface area contributed by atoms with Crippen LogP contribution in [-0.2, 0) is 10.0 Å². The molecule has 0 aliphatic heterocycles. The Labute approximate surface area is 186 Å². The summed E-state index contributed by atoms with van der Waals surface area (Å²) in [6, 6.07) is 9.82. The molecule has 3 aromatic rings. The zero-order chi connectivity index (χ0) is 20.6. The average molecular weight is 551 g/mol. The monoisotopic (exact) mass is 548 g/mol. The van der Waals surface area contributed by atoms with Gasteiger partial charge in [0.25, 0.3) is 10.0 Å². The molecule has 0 atom stereocenters. The van der Waals surface area contributed by atoms with Crippen LogP contribution >= 0.6 is 43.5 Å². The standard InChI is InChI=1S/C19H19Br2ClN2O3S/c1-12-19(27-9-8-23(2)3)16-10-13(20)11-17(21)18(16)24(12)28(25,26)15-6-4-14(22)5-7-15/h4-7,10-11H,8-9H2,1-3H3. The van der Waals surface area contributed by atoms with Gasteiger partial charge < -0.3 is 9.64 Å². The first-order valence-corrected chi connectivity index (χ1v) is 11.8. The number of benzene rings is 2. The van der Waals surface area contributed by atoms with Crippen LogP contribution < -0.4 is 4.74 Å². The van der Waals surface area contributed by atoms with Gasteiger partial charge in [0.05, 0.1) is 16.1 Å². The Kier molecular flexibility index (Phi) is 6.46. The highest BCUT2D eigenvalue weighted by atomic mass is 79.9. The Hall–Kier alpha value is -1.06. The van der Waals surface area contributed by atoms with Crippen molar-refractivity contribution in [2.45, 2.75) is 11.8 Å². The van der Waals surface area contributed by atoms with E-state index in [1.165, 1.54) is 16.1 Å². The van der Waals surface area contributed by atoms with Crippen LogP contribution in [0.15, 0.2) is 50.2 Å². The maximum atomic E-state index is 13.4. The maximum Gasteiger partial charge on any atom is 0.268 e. The highest BCUT2D eigenvalue weighted by Crippen LogP contribution is 2.41. The van der Waals surface area contributed by atoms with Gasteiger partial charge in [0, 0.05) is 25.9 Å². The summed E-state index contributed by atoms with van der Waals surface area (Å²) < 4.78 is 35.7. The summed E-state index contributed by atoms with van der Waals surface area (Å²) in [7, 11) is 0.0654. The molecule has 0 fully saturated rings. The third-order valence-corrected chi connectivity index (χ3v) is 7.37. The van der Waals surface area contributed by atoms with Crippen molar-refractivity contribution in [1.82, 2.24) is 8.87 Å². The smallest absolute Gasteiger partial charge is 0.268 e. The van der Waals surface area contributed by atoms with Crippen LogP contribution in [0.3, 0.4) is 0 Å². The molecule has 0 saturated heterocycles. The lowest BCUT2D eigenvalue weighted by atomic mass is 10.2. The fraction of sp³-hybridized carbons (Fsp3) is 0.263. The number of aromatic nitrogens is 1. The number of likely N-dealkylation sites (N-methyl/N-ethyl adjacent to an activating group) is 1. The SMILES string of the molecule is Cc1c(OCCN(C)C)c2cc(Br)cc(Br)c2n1S(=O)(=O)c1ccc(Cl)cc1. The molecule has 28 heavy (non-hydrogen) atoms. The van der Waals surface area contributed by atoms with E-state index in [1.54, 1.807) is 19.1 Å². The largest absolute Gasteiger partial charge is 0.490 e. The van der Waals surface area contributed by atoms with Gasteiger partial charge >= 0.3 is 0 Å². The number of hydrogen-bond acceptors (Lipinski definition) is 4. The van der Waals surface area contributed by atoms with Crippen LogP contribution in [0.4, 0.5) is 0 Å². The molecule has 0 spiro atoms. The molecule has 2 aromatic carbocycles. The number of nitrogens with zero attached hydrogens (tertiary/aromatic N) is 2. The first-order chi connectivity index (χ1) is 13.1. The van der Waals surface area contributed by atoms with Crippen LogP contribution in [0.25, 0.3) is 10.9 Å². The van der Waals surface area contributed by atoms with E-state index >= 15 is 0 Å². The zero-order valence-corrected chi connectivity index (χ0v) is 20.3. The van der Waals surface area contributed by atoms with E-state index < -0.39 is 10.0 Å². The summed E-state index contributed by atoms with van der Waals surface area (Å²) in [5.74, 6) is 0.552. The van der Waals surface area contributed by atoms with Gasteiger partial charge in [-0.3, -0.25) is 0 Å². The molecule has 1 aromatic heterocycles. The van der Waals surface area contributed by atoms with Crippen LogP contribution in [0.5, 0.6) is 5.75 Å². The van der Waals surface area contributed by atoms with Gasteiger partial charge in [0.1, 0.15) is 12.4 Å². The van der Waals surface area contributed by atoms with Crippen molar-refractivity contribution in [2.75, 3.05) is 27.2 Å². The summed E-state index contributed by atoms with van der Waals surface area (Å²) in [4.78, 5) is 2.16. The molecule has 0 amide bonds. The molecule has 0 radical (unpaired) electrons. The predicted molar refractivity (Wildman–Crippen MR) is 120 cm³/mol. The van der Waals surface area contributed by atoms with Crippen LogP contribution in [0.1, 0.15) is 5.69 Å². The molecular weight excluding hydrogens is 532 g/mol. The van der Waals surface area contributed by atoms with Crippen LogP contribution in [0.2, 0.25) is 5.02 Å². The van der Waals surface area contributed by atoms with E-state index in [1.807, 2.05) is 31.1 Å². The van der Waals surface area contributed by atoms with E-state index in [2.05, 4.69) is 31.9 Å². The second kappa shape index (κ2) is 8.36. The molecule has 150 valence electrons. The van der Waals surface area contributed by atoms with Gasteiger partial charge in [0.15, 0.2) is 0 Å². The number of fused-ring (bicyclic) bond motifs is 1. The van der Waals surface area contributed by atoms with Gasteiger partial charge in [0.2, 0.25) is 0 Å². The molecule has 3 rings (SSSR count). The fourth-order valence-electron chi connectivity index (χ4n) is 2.93. The molecule has 0 saturated carbocycles. The highest BCUT2D eigenvalue weighted by molar-refractivity contribution is 9.11. The molecule has 0 N–H and O–H groups in total. The van der Waals surface area contributed by atoms with Gasteiger partial charge in [-0.15, -0.1) is 0 Å². The summed E-state index contributed by atoms with van der Waals surface area (Å²) in [6.07, 6.45) is 0. The third-order valence-electron chi connectivity index (χ3n) is 4.25. The first-order valence-electron chi connectivity index (χ1n) is 8.41. The van der Waals surface area contributed by atoms with E-state index in [-0.39, 0.29) is 4.90 Å². The van der Waals surface area contributed by atoms with E-state index in [0.29, 0.717) is 39.6 Å². The van der Waals surface area contributed by atoms with Crippen molar-refractivity contribution in [3.63, 3.8) is 0 Å². The number of hydrogen-bond donors (Lipinski definition) is 0. The topological polar surface area (TPSA) is 51.5 Å². The number of ether oxygens (including phenoxy) is 1.